The van der Waals surface area contributed by atoms with Gasteiger partial charge in [-0.05, 0) is 63.4 Å². The molecule has 26 heavy (non-hydrogen) atoms. The number of ether oxygens (including phenoxy) is 1. The van der Waals surface area contributed by atoms with Crippen LogP contribution in [0.25, 0.3) is 0 Å². The van der Waals surface area contributed by atoms with Crippen molar-refractivity contribution in [2.45, 2.75) is 58.9 Å². The average Bonchev–Trinajstić information content (AvgIpc) is 2.95. The summed E-state index contributed by atoms with van der Waals surface area (Å²) in [5, 5.41) is 3.35. The van der Waals surface area contributed by atoms with E-state index in [1.165, 1.54) is 5.56 Å². The van der Waals surface area contributed by atoms with Crippen LogP contribution < -0.4 is 10.2 Å². The van der Waals surface area contributed by atoms with Gasteiger partial charge in [-0.3, -0.25) is 4.79 Å². The van der Waals surface area contributed by atoms with Gasteiger partial charge < -0.3 is 15.0 Å². The maximum Gasteiger partial charge on any atom is 0.249 e. The molecule has 1 amide bonds. The summed E-state index contributed by atoms with van der Waals surface area (Å²) >= 11 is 0. The first-order chi connectivity index (χ1) is 12.5. The summed E-state index contributed by atoms with van der Waals surface area (Å²) in [5.41, 5.74) is 4.32. The molecule has 1 heterocycles. The van der Waals surface area contributed by atoms with E-state index < -0.39 is 0 Å². The summed E-state index contributed by atoms with van der Waals surface area (Å²) in [6.07, 6.45) is 1.11. The zero-order valence-corrected chi connectivity index (χ0v) is 16.0. The number of nitrogens with one attached hydrogen (secondary N) is 1. The number of nitrogens with zero attached hydrogens (tertiary/aromatic N) is 1. The molecule has 0 aromatic heterocycles. The van der Waals surface area contributed by atoms with E-state index in [0.717, 1.165) is 23.4 Å². The van der Waals surface area contributed by atoms with E-state index in [9.17, 15) is 4.79 Å². The Kier molecular flexibility index (Phi) is 5.62. The molecule has 2 aromatic rings. The van der Waals surface area contributed by atoms with Crippen LogP contribution in [0.5, 0.6) is 0 Å². The monoisotopic (exact) mass is 352 g/mol. The van der Waals surface area contributed by atoms with Gasteiger partial charge in [0.15, 0.2) is 0 Å². The van der Waals surface area contributed by atoms with Crippen LogP contribution in [0.15, 0.2) is 48.5 Å². The molecule has 4 heteroatoms. The molecule has 2 atom stereocenters. The summed E-state index contributed by atoms with van der Waals surface area (Å²) in [6, 6.07) is 16.1. The minimum Gasteiger partial charge on any atom is -0.374 e. The Morgan fingerprint density at radius 2 is 1.96 bits per heavy atom. The Morgan fingerprint density at radius 1 is 1.19 bits per heavy atom. The van der Waals surface area contributed by atoms with Gasteiger partial charge in [0.2, 0.25) is 5.91 Å². The highest BCUT2D eigenvalue weighted by Crippen LogP contribution is 2.32. The number of hydrogen-bond donors (Lipinski definition) is 1. The average molecular weight is 352 g/mol. The summed E-state index contributed by atoms with van der Waals surface area (Å²) < 4.78 is 5.67. The Bertz CT molecular complexity index is 772. The highest BCUT2D eigenvalue weighted by Gasteiger charge is 2.32. The molecule has 0 saturated carbocycles. The molecular formula is C22H28N2O2. The van der Waals surface area contributed by atoms with Gasteiger partial charge >= 0.3 is 0 Å². The first-order valence-corrected chi connectivity index (χ1v) is 9.33. The fourth-order valence-corrected chi connectivity index (χ4v) is 3.44. The second-order valence-electron chi connectivity index (χ2n) is 7.32. The topological polar surface area (TPSA) is 41.6 Å². The zero-order chi connectivity index (χ0) is 18.7. The third-order valence-corrected chi connectivity index (χ3v) is 4.71. The van der Waals surface area contributed by atoms with E-state index in [1.54, 1.807) is 0 Å². The van der Waals surface area contributed by atoms with Gasteiger partial charge in [0, 0.05) is 17.4 Å². The van der Waals surface area contributed by atoms with Gasteiger partial charge in [-0.1, -0.05) is 30.3 Å². The molecule has 1 aliphatic rings. The molecule has 0 radical (unpaired) electrons. The number of amides is 1. The van der Waals surface area contributed by atoms with Crippen molar-refractivity contribution >= 4 is 17.3 Å². The molecule has 2 aromatic carbocycles. The van der Waals surface area contributed by atoms with Crippen LogP contribution in [0.1, 0.15) is 38.8 Å². The molecule has 0 spiro atoms. The molecule has 4 nitrogen and oxygen atoms in total. The van der Waals surface area contributed by atoms with E-state index in [-0.39, 0.29) is 24.1 Å². The highest BCUT2D eigenvalue weighted by atomic mass is 16.5. The largest absolute Gasteiger partial charge is 0.374 e. The Hall–Kier alpha value is -2.33. The lowest BCUT2D eigenvalue weighted by Gasteiger charge is -2.27. The molecule has 1 N–H and O–H groups in total. The predicted molar refractivity (Wildman–Crippen MR) is 107 cm³/mol. The van der Waals surface area contributed by atoms with Gasteiger partial charge in [0.1, 0.15) is 6.04 Å². The predicted octanol–water partition coefficient (Wildman–Crippen LogP) is 4.39. The quantitative estimate of drug-likeness (QED) is 0.838. The van der Waals surface area contributed by atoms with Crippen molar-refractivity contribution in [2.75, 3.05) is 10.2 Å². The van der Waals surface area contributed by atoms with Crippen molar-refractivity contribution in [1.29, 1.82) is 0 Å². The van der Waals surface area contributed by atoms with Crippen molar-refractivity contribution in [3.8, 4) is 0 Å². The lowest BCUT2D eigenvalue weighted by molar-refractivity contribution is -0.119. The minimum absolute atomic E-state index is 0.103. The number of carbonyl (C=O) groups excluding carboxylic acids is 1. The van der Waals surface area contributed by atoms with Crippen molar-refractivity contribution < 1.29 is 9.53 Å². The highest BCUT2D eigenvalue weighted by molar-refractivity contribution is 6.00. The van der Waals surface area contributed by atoms with E-state index in [4.69, 9.17) is 4.74 Å². The lowest BCUT2D eigenvalue weighted by atomic mass is 10.1. The molecular weight excluding hydrogens is 324 g/mol. The summed E-state index contributed by atoms with van der Waals surface area (Å²) in [6.45, 7) is 8.66. The molecule has 0 saturated heterocycles. The maximum absolute atomic E-state index is 13.1. The number of carbonyl (C=O) groups is 1. The second kappa shape index (κ2) is 7.92. The first kappa shape index (κ1) is 18.5. The summed E-state index contributed by atoms with van der Waals surface area (Å²) in [4.78, 5) is 15.0. The van der Waals surface area contributed by atoms with Gasteiger partial charge in [-0.25, -0.2) is 0 Å². The first-order valence-electron chi connectivity index (χ1n) is 9.33. The van der Waals surface area contributed by atoms with Gasteiger partial charge in [-0.15, -0.1) is 0 Å². The maximum atomic E-state index is 13.1. The number of benzene rings is 2. The van der Waals surface area contributed by atoms with E-state index in [2.05, 4.69) is 18.3 Å². The normalized spacial score (nSPS) is 17.3. The van der Waals surface area contributed by atoms with Gasteiger partial charge in [0.05, 0.1) is 12.7 Å². The fourth-order valence-electron chi connectivity index (χ4n) is 3.44. The summed E-state index contributed by atoms with van der Waals surface area (Å²) in [7, 11) is 0. The van der Waals surface area contributed by atoms with Crippen molar-refractivity contribution in [2.24, 2.45) is 0 Å². The van der Waals surface area contributed by atoms with E-state index in [1.807, 2.05) is 68.1 Å². The molecule has 2 unspecified atom stereocenters. The zero-order valence-electron chi connectivity index (χ0n) is 16.0. The van der Waals surface area contributed by atoms with E-state index in [0.29, 0.717) is 6.61 Å². The molecule has 1 aliphatic heterocycles. The third kappa shape index (κ3) is 4.07. The Balaban J connectivity index is 1.69. The van der Waals surface area contributed by atoms with Crippen LogP contribution in [0.4, 0.5) is 11.4 Å². The number of rotatable bonds is 6. The van der Waals surface area contributed by atoms with Crippen molar-refractivity contribution in [1.82, 2.24) is 0 Å². The number of fused-ring (bicyclic) bond motifs is 1. The number of anilines is 2. The fraction of sp³-hybridized carbons (Fsp3) is 0.409. The SMILES string of the molecule is CC(C)OCc1cccc(NC(C)C(=O)N2c3ccccc3CC2C)c1. The molecule has 0 bridgehead atoms. The molecule has 0 aliphatic carbocycles. The standard InChI is InChI=1S/C22H28N2O2/c1-15(2)26-14-18-8-7-10-20(13-18)23-17(4)22(25)24-16(3)12-19-9-5-6-11-21(19)24/h5-11,13,15-17,23H,12,14H2,1-4H3. The lowest BCUT2D eigenvalue weighted by Crippen LogP contribution is -2.44. The van der Waals surface area contributed by atoms with Crippen LogP contribution in [-0.4, -0.2) is 24.1 Å². The van der Waals surface area contributed by atoms with Crippen LogP contribution in [-0.2, 0) is 22.6 Å². The summed E-state index contributed by atoms with van der Waals surface area (Å²) in [5.74, 6) is 0.103. The van der Waals surface area contributed by atoms with Crippen LogP contribution >= 0.6 is 0 Å². The third-order valence-electron chi connectivity index (χ3n) is 4.71. The van der Waals surface area contributed by atoms with Gasteiger partial charge in [0.25, 0.3) is 0 Å². The van der Waals surface area contributed by atoms with Crippen LogP contribution in [0, 0.1) is 0 Å². The number of hydrogen-bond acceptors (Lipinski definition) is 3. The minimum atomic E-state index is -0.301. The van der Waals surface area contributed by atoms with Crippen LogP contribution in [0.2, 0.25) is 0 Å². The van der Waals surface area contributed by atoms with Crippen molar-refractivity contribution in [3.63, 3.8) is 0 Å². The Labute approximate surface area is 156 Å². The molecule has 3 rings (SSSR count). The number of para-hydroxylation sites is 1. The smallest absolute Gasteiger partial charge is 0.249 e. The van der Waals surface area contributed by atoms with Gasteiger partial charge in [-0.2, -0.15) is 0 Å². The Morgan fingerprint density at radius 3 is 2.73 bits per heavy atom. The van der Waals surface area contributed by atoms with Crippen molar-refractivity contribution in [3.05, 3.63) is 59.7 Å². The second-order valence-corrected chi connectivity index (χ2v) is 7.32. The van der Waals surface area contributed by atoms with E-state index >= 15 is 0 Å². The molecule has 138 valence electrons. The van der Waals surface area contributed by atoms with Crippen LogP contribution in [0.3, 0.4) is 0 Å². The molecule has 0 fully saturated rings.